The summed E-state index contributed by atoms with van der Waals surface area (Å²) in [4.78, 5) is 17.8. The van der Waals surface area contributed by atoms with Crippen molar-refractivity contribution in [2.75, 3.05) is 20.3 Å². The lowest BCUT2D eigenvalue weighted by atomic mass is 10.0. The zero-order chi connectivity index (χ0) is 21.7. The van der Waals surface area contributed by atoms with Crippen LogP contribution in [-0.2, 0) is 11.3 Å². The Labute approximate surface area is 177 Å². The summed E-state index contributed by atoms with van der Waals surface area (Å²) in [6.45, 7) is 9.66. The van der Waals surface area contributed by atoms with Crippen molar-refractivity contribution >= 4 is 16.9 Å². The minimum Gasteiger partial charge on any atom is -0.491 e. The average Bonchev–Trinajstić information content (AvgIpc) is 3.16. The van der Waals surface area contributed by atoms with Crippen LogP contribution in [0.4, 0.5) is 0 Å². The lowest BCUT2D eigenvalue weighted by Crippen LogP contribution is -2.23. The molecular weight excluding hydrogens is 380 g/mol. The molecule has 0 saturated heterocycles. The highest BCUT2D eigenvalue weighted by atomic mass is 16.5. The summed E-state index contributed by atoms with van der Waals surface area (Å²) in [7, 11) is 1.64. The van der Waals surface area contributed by atoms with E-state index in [9.17, 15) is 4.79 Å². The van der Waals surface area contributed by atoms with E-state index in [4.69, 9.17) is 14.5 Å². The first-order valence-corrected chi connectivity index (χ1v) is 10.3. The number of ether oxygens (including phenoxy) is 2. The molecule has 1 N–H and O–H groups in total. The van der Waals surface area contributed by atoms with Gasteiger partial charge in [0.15, 0.2) is 5.65 Å². The fourth-order valence-corrected chi connectivity index (χ4v) is 3.16. The van der Waals surface area contributed by atoms with Crippen LogP contribution in [0, 0.1) is 0 Å². The predicted octanol–water partition coefficient (Wildman–Crippen LogP) is 4.09. The number of benzene rings is 1. The monoisotopic (exact) mass is 410 g/mol. The van der Waals surface area contributed by atoms with E-state index < -0.39 is 0 Å². The molecule has 0 spiro atoms. The van der Waals surface area contributed by atoms with E-state index in [-0.39, 0.29) is 17.9 Å². The van der Waals surface area contributed by atoms with Gasteiger partial charge in [0.25, 0.3) is 5.91 Å². The number of fused-ring (bicyclic) bond motifs is 1. The van der Waals surface area contributed by atoms with Gasteiger partial charge in [-0.1, -0.05) is 26.0 Å². The van der Waals surface area contributed by atoms with Gasteiger partial charge in [-0.05, 0) is 43.5 Å². The van der Waals surface area contributed by atoms with Gasteiger partial charge in [-0.2, -0.15) is 5.10 Å². The SMILES string of the molecule is COCCOc1cccc(CNC(=O)c2cc(C(C)C)nc3c2cnn3C(C)C)c1. The first-order valence-electron chi connectivity index (χ1n) is 10.3. The Bertz CT molecular complexity index is 1010. The molecule has 0 aliphatic rings. The van der Waals surface area contributed by atoms with Crippen LogP contribution >= 0.6 is 0 Å². The highest BCUT2D eigenvalue weighted by Gasteiger charge is 2.18. The van der Waals surface area contributed by atoms with E-state index in [1.54, 1.807) is 13.3 Å². The zero-order valence-corrected chi connectivity index (χ0v) is 18.3. The van der Waals surface area contributed by atoms with Crippen LogP contribution in [0.15, 0.2) is 36.5 Å². The maximum Gasteiger partial charge on any atom is 0.252 e. The molecule has 0 aliphatic heterocycles. The fraction of sp³-hybridized carbons (Fsp3) is 0.435. The summed E-state index contributed by atoms with van der Waals surface area (Å²) < 4.78 is 12.5. The molecule has 1 aromatic carbocycles. The molecule has 0 unspecified atom stereocenters. The number of rotatable bonds is 9. The van der Waals surface area contributed by atoms with Crippen LogP contribution < -0.4 is 10.1 Å². The number of pyridine rings is 1. The van der Waals surface area contributed by atoms with E-state index in [0.717, 1.165) is 28.0 Å². The Morgan fingerprint density at radius 2 is 1.97 bits per heavy atom. The topological polar surface area (TPSA) is 78.3 Å². The number of amides is 1. The summed E-state index contributed by atoms with van der Waals surface area (Å²) in [5.74, 6) is 0.820. The van der Waals surface area contributed by atoms with Crippen LogP contribution in [0.3, 0.4) is 0 Å². The Balaban J connectivity index is 1.81. The van der Waals surface area contributed by atoms with Gasteiger partial charge in [0.1, 0.15) is 12.4 Å². The van der Waals surface area contributed by atoms with Crippen molar-refractivity contribution in [2.45, 2.75) is 46.2 Å². The summed E-state index contributed by atoms with van der Waals surface area (Å²) in [6, 6.07) is 9.73. The van der Waals surface area contributed by atoms with Gasteiger partial charge < -0.3 is 14.8 Å². The molecule has 160 valence electrons. The first-order chi connectivity index (χ1) is 14.4. The number of hydrogen-bond donors (Lipinski definition) is 1. The Kier molecular flexibility index (Phi) is 7.05. The molecule has 3 rings (SSSR count). The number of methoxy groups -OCH3 is 1. The summed E-state index contributed by atoms with van der Waals surface area (Å²) in [5.41, 5.74) is 3.19. The maximum atomic E-state index is 13.1. The number of nitrogens with one attached hydrogen (secondary N) is 1. The Morgan fingerprint density at radius 1 is 1.17 bits per heavy atom. The molecule has 1 amide bonds. The molecule has 0 atom stereocenters. The van der Waals surface area contributed by atoms with Gasteiger partial charge >= 0.3 is 0 Å². The summed E-state index contributed by atoms with van der Waals surface area (Å²) in [5, 5.41) is 8.24. The van der Waals surface area contributed by atoms with Crippen molar-refractivity contribution < 1.29 is 14.3 Å². The van der Waals surface area contributed by atoms with Crippen LogP contribution in [-0.4, -0.2) is 41.0 Å². The molecule has 0 aliphatic carbocycles. The number of carbonyl (C=O) groups excluding carboxylic acids is 1. The largest absolute Gasteiger partial charge is 0.491 e. The minimum atomic E-state index is -0.140. The van der Waals surface area contributed by atoms with Gasteiger partial charge in [-0.25, -0.2) is 9.67 Å². The van der Waals surface area contributed by atoms with Crippen molar-refractivity contribution in [1.29, 1.82) is 0 Å². The smallest absolute Gasteiger partial charge is 0.252 e. The van der Waals surface area contributed by atoms with Crippen molar-refractivity contribution in [1.82, 2.24) is 20.1 Å². The second-order valence-electron chi connectivity index (χ2n) is 7.84. The third kappa shape index (κ3) is 4.97. The molecule has 0 bridgehead atoms. The fourth-order valence-electron chi connectivity index (χ4n) is 3.16. The van der Waals surface area contributed by atoms with E-state index in [2.05, 4.69) is 38.1 Å². The van der Waals surface area contributed by atoms with Crippen LogP contribution in [0.5, 0.6) is 5.75 Å². The van der Waals surface area contributed by atoms with Gasteiger partial charge in [0.05, 0.1) is 23.8 Å². The molecular formula is C23H30N4O3. The third-order valence-corrected chi connectivity index (χ3v) is 4.82. The first kappa shape index (κ1) is 21.8. The number of aromatic nitrogens is 3. The second-order valence-corrected chi connectivity index (χ2v) is 7.84. The molecule has 7 nitrogen and oxygen atoms in total. The number of hydrogen-bond acceptors (Lipinski definition) is 5. The molecule has 3 aromatic rings. The van der Waals surface area contributed by atoms with Crippen molar-refractivity contribution in [2.24, 2.45) is 0 Å². The Morgan fingerprint density at radius 3 is 2.67 bits per heavy atom. The molecule has 2 aromatic heterocycles. The number of nitrogens with zero attached hydrogens (tertiary/aromatic N) is 3. The van der Waals surface area contributed by atoms with Gasteiger partial charge in [-0.3, -0.25) is 4.79 Å². The summed E-state index contributed by atoms with van der Waals surface area (Å²) in [6.07, 6.45) is 1.73. The highest BCUT2D eigenvalue weighted by Crippen LogP contribution is 2.24. The van der Waals surface area contributed by atoms with Crippen molar-refractivity contribution in [3.05, 3.63) is 53.3 Å². The second kappa shape index (κ2) is 9.71. The highest BCUT2D eigenvalue weighted by molar-refractivity contribution is 6.05. The van der Waals surface area contributed by atoms with Crippen molar-refractivity contribution in [3.63, 3.8) is 0 Å². The van der Waals surface area contributed by atoms with E-state index >= 15 is 0 Å². The molecule has 7 heteroatoms. The van der Waals surface area contributed by atoms with Crippen LogP contribution in [0.25, 0.3) is 11.0 Å². The molecule has 0 fully saturated rings. The number of carbonyl (C=O) groups is 1. The minimum absolute atomic E-state index is 0.140. The normalized spacial score (nSPS) is 11.4. The lowest BCUT2D eigenvalue weighted by molar-refractivity contribution is 0.0952. The maximum absolute atomic E-state index is 13.1. The average molecular weight is 411 g/mol. The molecule has 30 heavy (non-hydrogen) atoms. The predicted molar refractivity (Wildman–Crippen MR) is 117 cm³/mol. The summed E-state index contributed by atoms with van der Waals surface area (Å²) >= 11 is 0. The van der Waals surface area contributed by atoms with E-state index in [1.807, 2.05) is 35.0 Å². The standard InChI is InChI=1S/C23H30N4O3/c1-15(2)21-12-19(20-14-25-27(16(3)4)22(20)26-21)23(28)24-13-17-7-6-8-18(11-17)30-10-9-29-5/h6-8,11-12,14-16H,9-10,13H2,1-5H3,(H,24,28). The molecule has 0 radical (unpaired) electrons. The van der Waals surface area contributed by atoms with Gasteiger partial charge in [0.2, 0.25) is 0 Å². The molecule has 0 saturated carbocycles. The lowest BCUT2D eigenvalue weighted by Gasteiger charge is -2.13. The quantitative estimate of drug-likeness (QED) is 0.538. The zero-order valence-electron chi connectivity index (χ0n) is 18.3. The van der Waals surface area contributed by atoms with Crippen LogP contribution in [0.2, 0.25) is 0 Å². The van der Waals surface area contributed by atoms with E-state index in [1.165, 1.54) is 0 Å². The van der Waals surface area contributed by atoms with Gasteiger partial charge in [-0.15, -0.1) is 0 Å². The van der Waals surface area contributed by atoms with Crippen molar-refractivity contribution in [3.8, 4) is 5.75 Å². The molecule has 2 heterocycles. The third-order valence-electron chi connectivity index (χ3n) is 4.82. The van der Waals surface area contributed by atoms with Gasteiger partial charge in [0, 0.05) is 25.4 Å². The Hall–Kier alpha value is -2.93. The van der Waals surface area contributed by atoms with Crippen LogP contribution in [0.1, 0.15) is 61.3 Å². The van der Waals surface area contributed by atoms with E-state index in [0.29, 0.717) is 25.3 Å².